The molecule has 0 amide bonds. The molecule has 0 aliphatic heterocycles. The van der Waals surface area contributed by atoms with E-state index in [0.717, 1.165) is 45.2 Å². The van der Waals surface area contributed by atoms with Gasteiger partial charge >= 0.3 is 0 Å². The van der Waals surface area contributed by atoms with Gasteiger partial charge in [-0.05, 0) is 23.3 Å². The molecule has 3 heterocycles. The smallest absolute Gasteiger partial charge is 0.264 e. The van der Waals surface area contributed by atoms with Crippen molar-refractivity contribution in [3.8, 4) is 33.5 Å². The van der Waals surface area contributed by atoms with Gasteiger partial charge in [-0.25, -0.2) is 4.98 Å². The minimum atomic E-state index is -3.52. The van der Waals surface area contributed by atoms with E-state index in [0.29, 0.717) is 5.65 Å². The second kappa shape index (κ2) is 9.17. The second-order valence-corrected chi connectivity index (χ2v) is 9.48. The van der Waals surface area contributed by atoms with Crippen LogP contribution < -0.4 is 0 Å². The molecule has 0 saturated heterocycles. The minimum Gasteiger partial charge on any atom is -0.268 e. The number of nitrogens with zero attached hydrogens (tertiary/aromatic N) is 4. The Balaban J connectivity index is 1.78. The van der Waals surface area contributed by atoms with E-state index in [9.17, 15) is 8.42 Å². The zero-order valence-electron chi connectivity index (χ0n) is 18.5. The average molecular weight is 471 g/mol. The van der Waals surface area contributed by atoms with E-state index in [4.69, 9.17) is 9.17 Å². The number of pyridine rings is 2. The monoisotopic (exact) mass is 470 g/mol. The van der Waals surface area contributed by atoms with Crippen LogP contribution in [0.5, 0.6) is 0 Å². The van der Waals surface area contributed by atoms with Crippen molar-refractivity contribution < 1.29 is 12.6 Å². The average Bonchev–Trinajstić information content (AvgIpc) is 3.26. The summed E-state index contributed by atoms with van der Waals surface area (Å²) in [5.41, 5.74) is 6.39. The summed E-state index contributed by atoms with van der Waals surface area (Å²) in [5.74, 6) is 0. The van der Waals surface area contributed by atoms with E-state index in [1.807, 2.05) is 66.9 Å². The molecular weight excluding hydrogens is 448 g/mol. The summed E-state index contributed by atoms with van der Waals surface area (Å²) in [6, 6.07) is 24.1. The second-order valence-electron chi connectivity index (χ2n) is 7.83. The van der Waals surface area contributed by atoms with Crippen molar-refractivity contribution >= 4 is 21.2 Å². The molecule has 0 N–H and O–H groups in total. The van der Waals surface area contributed by atoms with E-state index in [-0.39, 0.29) is 13.2 Å². The van der Waals surface area contributed by atoms with Crippen molar-refractivity contribution in [2.24, 2.45) is 0 Å². The highest BCUT2D eigenvalue weighted by Gasteiger charge is 2.21. The van der Waals surface area contributed by atoms with Crippen LogP contribution in [0, 0.1) is 0 Å². The maximum absolute atomic E-state index is 11.4. The van der Waals surface area contributed by atoms with Gasteiger partial charge < -0.3 is 0 Å². The first-order chi connectivity index (χ1) is 16.5. The molecule has 0 atom stereocenters. The molecule has 0 saturated carbocycles. The van der Waals surface area contributed by atoms with Crippen LogP contribution in [0.3, 0.4) is 0 Å². The summed E-state index contributed by atoms with van der Waals surface area (Å²) in [5, 5.41) is 5.53. The maximum Gasteiger partial charge on any atom is 0.264 e. The molecule has 5 rings (SSSR count). The van der Waals surface area contributed by atoms with Crippen LogP contribution in [0.25, 0.3) is 44.5 Å². The van der Waals surface area contributed by atoms with Crippen LogP contribution in [0.2, 0.25) is 0 Å². The predicted octanol–water partition coefficient (Wildman–Crippen LogP) is 4.80. The molecule has 5 aromatic rings. The third-order valence-electron chi connectivity index (χ3n) is 5.41. The molecule has 0 radical (unpaired) electrons. The Hall–Kier alpha value is -3.88. The first-order valence-corrected chi connectivity index (χ1v) is 12.6. The van der Waals surface area contributed by atoms with Gasteiger partial charge in [-0.3, -0.25) is 13.8 Å². The molecule has 0 unspecified atom stereocenters. The molecule has 170 valence electrons. The highest BCUT2D eigenvalue weighted by atomic mass is 32.2. The van der Waals surface area contributed by atoms with Gasteiger partial charge in [-0.1, -0.05) is 60.7 Å². The SMILES string of the molecule is CS(=O)(=O)OCCn1cc2c(-c3ccccc3)c(-c3ccncc3)c(-c3ccccc3)nc2n1. The number of fused-ring (bicyclic) bond motifs is 1. The third kappa shape index (κ3) is 4.59. The van der Waals surface area contributed by atoms with Gasteiger partial charge in [-0.15, -0.1) is 0 Å². The summed E-state index contributed by atoms with van der Waals surface area (Å²) in [4.78, 5) is 9.17. The van der Waals surface area contributed by atoms with Crippen LogP contribution >= 0.6 is 0 Å². The lowest BCUT2D eigenvalue weighted by molar-refractivity contribution is 0.298. The number of aromatic nitrogens is 4. The number of rotatable bonds is 7. The Morgan fingerprint density at radius 1 is 0.824 bits per heavy atom. The maximum atomic E-state index is 11.4. The van der Waals surface area contributed by atoms with Crippen molar-refractivity contribution in [1.82, 2.24) is 19.7 Å². The summed E-state index contributed by atoms with van der Waals surface area (Å²) < 4.78 is 29.3. The highest BCUT2D eigenvalue weighted by Crippen LogP contribution is 2.42. The van der Waals surface area contributed by atoms with E-state index in [2.05, 4.69) is 22.2 Å². The Morgan fingerprint density at radius 3 is 2.09 bits per heavy atom. The predicted molar refractivity (Wildman–Crippen MR) is 132 cm³/mol. The molecule has 34 heavy (non-hydrogen) atoms. The Morgan fingerprint density at radius 2 is 1.44 bits per heavy atom. The number of hydrogen-bond donors (Lipinski definition) is 0. The van der Waals surface area contributed by atoms with Gasteiger partial charge in [0, 0.05) is 40.7 Å². The summed E-state index contributed by atoms with van der Waals surface area (Å²) in [6.07, 6.45) is 6.48. The Kier molecular flexibility index (Phi) is 5.91. The summed E-state index contributed by atoms with van der Waals surface area (Å²) >= 11 is 0. The van der Waals surface area contributed by atoms with Crippen LogP contribution in [-0.2, 0) is 20.8 Å². The lowest BCUT2D eigenvalue weighted by Gasteiger charge is -2.16. The Bertz CT molecular complexity index is 1540. The topological polar surface area (TPSA) is 87.0 Å². The van der Waals surface area contributed by atoms with Crippen molar-refractivity contribution in [3.63, 3.8) is 0 Å². The van der Waals surface area contributed by atoms with E-state index in [1.54, 1.807) is 17.1 Å². The van der Waals surface area contributed by atoms with Gasteiger partial charge in [0.05, 0.1) is 25.1 Å². The zero-order valence-corrected chi connectivity index (χ0v) is 19.3. The van der Waals surface area contributed by atoms with Crippen molar-refractivity contribution in [2.45, 2.75) is 6.54 Å². The van der Waals surface area contributed by atoms with E-state index < -0.39 is 10.1 Å². The summed E-state index contributed by atoms with van der Waals surface area (Å²) in [7, 11) is -3.52. The standard InChI is InChI=1S/C26H22N4O3S/c1-34(31,32)33-17-16-30-18-22-23(19-8-4-2-5-9-19)24(20-12-14-27-15-13-20)25(28-26(22)29-30)21-10-6-3-7-11-21/h2-15,18H,16-17H2,1H3. The molecular formula is C26H22N4O3S. The number of hydrogen-bond acceptors (Lipinski definition) is 6. The van der Waals surface area contributed by atoms with Crippen molar-refractivity contribution in [2.75, 3.05) is 12.9 Å². The first-order valence-electron chi connectivity index (χ1n) is 10.8. The molecule has 0 aliphatic carbocycles. The minimum absolute atomic E-state index is 0.00372. The lowest BCUT2D eigenvalue weighted by atomic mass is 9.90. The molecule has 0 aliphatic rings. The van der Waals surface area contributed by atoms with Crippen molar-refractivity contribution in [3.05, 3.63) is 91.4 Å². The number of benzene rings is 2. The van der Waals surface area contributed by atoms with Crippen LogP contribution in [0.4, 0.5) is 0 Å². The van der Waals surface area contributed by atoms with Gasteiger partial charge in [0.2, 0.25) is 0 Å². The van der Waals surface area contributed by atoms with Crippen molar-refractivity contribution in [1.29, 1.82) is 0 Å². The van der Waals surface area contributed by atoms with Gasteiger partial charge in [0.1, 0.15) is 0 Å². The largest absolute Gasteiger partial charge is 0.268 e. The normalized spacial score (nSPS) is 11.7. The molecule has 8 heteroatoms. The van der Waals surface area contributed by atoms with E-state index in [1.165, 1.54) is 0 Å². The molecule has 3 aromatic heterocycles. The van der Waals surface area contributed by atoms with Crippen LogP contribution in [0.15, 0.2) is 91.4 Å². The fourth-order valence-electron chi connectivity index (χ4n) is 3.99. The van der Waals surface area contributed by atoms with Crippen LogP contribution in [-0.4, -0.2) is 41.0 Å². The third-order valence-corrected chi connectivity index (χ3v) is 6.01. The zero-order chi connectivity index (χ0) is 23.5. The quantitative estimate of drug-likeness (QED) is 0.318. The van der Waals surface area contributed by atoms with Gasteiger partial charge in [-0.2, -0.15) is 13.5 Å². The highest BCUT2D eigenvalue weighted by molar-refractivity contribution is 7.85. The molecule has 7 nitrogen and oxygen atoms in total. The molecule has 0 bridgehead atoms. The first kappa shape index (κ1) is 21.9. The lowest BCUT2D eigenvalue weighted by Crippen LogP contribution is -2.10. The molecule has 0 spiro atoms. The fraction of sp³-hybridized carbons (Fsp3) is 0.115. The van der Waals surface area contributed by atoms with Gasteiger partial charge in [0.15, 0.2) is 5.65 Å². The fourth-order valence-corrected chi connectivity index (χ4v) is 4.37. The molecule has 0 fully saturated rings. The van der Waals surface area contributed by atoms with Crippen LogP contribution in [0.1, 0.15) is 0 Å². The van der Waals surface area contributed by atoms with Gasteiger partial charge in [0.25, 0.3) is 10.1 Å². The Labute approximate surface area is 197 Å². The van der Waals surface area contributed by atoms with E-state index >= 15 is 0 Å². The molecule has 2 aromatic carbocycles. The summed E-state index contributed by atoms with van der Waals surface area (Å²) in [6.45, 7) is 0.277.